The number of hydrogen-bond donors (Lipinski definition) is 2. The van der Waals surface area contributed by atoms with E-state index >= 15 is 0 Å². The number of pyridine rings is 1. The second-order valence-electron chi connectivity index (χ2n) is 5.66. The second kappa shape index (κ2) is 6.52. The van der Waals surface area contributed by atoms with Gasteiger partial charge in [0.2, 0.25) is 0 Å². The Hall–Kier alpha value is -1.17. The van der Waals surface area contributed by atoms with Crippen LogP contribution in [0.2, 0.25) is 0 Å². The molecule has 1 fully saturated rings. The van der Waals surface area contributed by atoms with Crippen LogP contribution >= 0.6 is 0 Å². The zero-order valence-electron chi connectivity index (χ0n) is 12.8. The average Bonchev–Trinajstić information content (AvgIpc) is 2.85. The van der Waals surface area contributed by atoms with Crippen molar-refractivity contribution in [3.8, 4) is 5.75 Å². The van der Waals surface area contributed by atoms with Crippen LogP contribution in [0.3, 0.4) is 0 Å². The Morgan fingerprint density at radius 2 is 2.30 bits per heavy atom. The maximum absolute atomic E-state index is 5.73. The van der Waals surface area contributed by atoms with Crippen LogP contribution in [-0.4, -0.2) is 30.8 Å². The van der Waals surface area contributed by atoms with Gasteiger partial charge in [-0.2, -0.15) is 0 Å². The van der Waals surface area contributed by atoms with E-state index in [9.17, 15) is 0 Å². The highest BCUT2D eigenvalue weighted by atomic mass is 16.5. The van der Waals surface area contributed by atoms with Gasteiger partial charge < -0.3 is 9.47 Å². The largest absolute Gasteiger partial charge is 0.496 e. The maximum Gasteiger partial charge on any atom is 0.128 e. The number of nitrogens with zero attached hydrogens (tertiary/aromatic N) is 1. The van der Waals surface area contributed by atoms with E-state index < -0.39 is 0 Å². The molecule has 0 spiro atoms. The third-order valence-corrected chi connectivity index (χ3v) is 4.18. The zero-order chi connectivity index (χ0) is 14.7. The van der Waals surface area contributed by atoms with Crippen molar-refractivity contribution < 1.29 is 9.47 Å². The first kappa shape index (κ1) is 15.2. The predicted octanol–water partition coefficient (Wildman–Crippen LogP) is 1.51. The normalized spacial score (nSPS) is 23.9. The molecule has 1 aromatic rings. The molecular formula is C15H25N3O2. The van der Waals surface area contributed by atoms with Crippen molar-refractivity contribution >= 4 is 0 Å². The summed E-state index contributed by atoms with van der Waals surface area (Å²) in [6.45, 7) is 6.92. The summed E-state index contributed by atoms with van der Waals surface area (Å²) in [5.74, 6) is 7.08. The number of aryl methyl sites for hydroxylation is 1. The molecule has 2 rings (SSSR count). The van der Waals surface area contributed by atoms with E-state index in [0.29, 0.717) is 12.0 Å². The van der Waals surface area contributed by atoms with E-state index in [1.54, 1.807) is 7.11 Å². The maximum atomic E-state index is 5.73. The summed E-state index contributed by atoms with van der Waals surface area (Å²) >= 11 is 0. The molecule has 0 aliphatic carbocycles. The average molecular weight is 279 g/mol. The lowest BCUT2D eigenvalue weighted by Crippen LogP contribution is -2.43. The van der Waals surface area contributed by atoms with Crippen LogP contribution < -0.4 is 16.0 Å². The van der Waals surface area contributed by atoms with E-state index in [2.05, 4.69) is 24.3 Å². The molecule has 1 aromatic heterocycles. The van der Waals surface area contributed by atoms with Crippen molar-refractivity contribution in [3.63, 3.8) is 0 Å². The van der Waals surface area contributed by atoms with Gasteiger partial charge in [0.25, 0.3) is 0 Å². The monoisotopic (exact) mass is 279 g/mol. The summed E-state index contributed by atoms with van der Waals surface area (Å²) in [7, 11) is 1.70. The fourth-order valence-electron chi connectivity index (χ4n) is 2.98. The predicted molar refractivity (Wildman–Crippen MR) is 78.6 cm³/mol. The Morgan fingerprint density at radius 3 is 2.85 bits per heavy atom. The van der Waals surface area contributed by atoms with Crippen LogP contribution in [0.15, 0.2) is 6.20 Å². The van der Waals surface area contributed by atoms with Crippen molar-refractivity contribution in [1.29, 1.82) is 0 Å². The lowest BCUT2D eigenvalue weighted by atomic mass is 9.92. The van der Waals surface area contributed by atoms with Crippen molar-refractivity contribution in [1.82, 2.24) is 10.4 Å². The number of hydrazine groups is 1. The first-order valence-electron chi connectivity index (χ1n) is 7.13. The second-order valence-corrected chi connectivity index (χ2v) is 5.66. The van der Waals surface area contributed by atoms with Crippen LogP contribution in [0.1, 0.15) is 30.2 Å². The summed E-state index contributed by atoms with van der Waals surface area (Å²) in [4.78, 5) is 4.55. The fraction of sp³-hybridized carbons (Fsp3) is 0.667. The highest BCUT2D eigenvalue weighted by molar-refractivity contribution is 5.41. The van der Waals surface area contributed by atoms with Crippen molar-refractivity contribution in [2.24, 2.45) is 11.8 Å². The van der Waals surface area contributed by atoms with Crippen LogP contribution in [0.4, 0.5) is 0 Å². The van der Waals surface area contributed by atoms with E-state index in [1.165, 1.54) is 0 Å². The van der Waals surface area contributed by atoms with Crippen LogP contribution in [0.25, 0.3) is 0 Å². The quantitative estimate of drug-likeness (QED) is 0.631. The molecular weight excluding hydrogens is 254 g/mol. The number of methoxy groups -OCH3 is 1. The molecule has 3 N–H and O–H groups in total. The van der Waals surface area contributed by atoms with Gasteiger partial charge in [-0.3, -0.25) is 16.3 Å². The molecule has 1 saturated heterocycles. The van der Waals surface area contributed by atoms with E-state index in [0.717, 1.165) is 42.0 Å². The van der Waals surface area contributed by atoms with Gasteiger partial charge in [-0.15, -0.1) is 0 Å². The van der Waals surface area contributed by atoms with Gasteiger partial charge in [0.15, 0.2) is 0 Å². The van der Waals surface area contributed by atoms with Gasteiger partial charge >= 0.3 is 0 Å². The van der Waals surface area contributed by atoms with Crippen LogP contribution in [0.5, 0.6) is 5.75 Å². The molecule has 3 atom stereocenters. The number of rotatable bonds is 5. The number of nitrogens with two attached hydrogens (primary N) is 1. The summed E-state index contributed by atoms with van der Waals surface area (Å²) in [5.41, 5.74) is 6.12. The first-order valence-corrected chi connectivity index (χ1v) is 7.13. The molecule has 1 aliphatic heterocycles. The SMILES string of the molecule is COc1c(C)cnc(CC(NN)C2COC(C)C2)c1C. The Kier molecular flexibility index (Phi) is 4.96. The molecule has 0 saturated carbocycles. The fourth-order valence-corrected chi connectivity index (χ4v) is 2.98. The Balaban J connectivity index is 2.15. The molecule has 0 radical (unpaired) electrons. The summed E-state index contributed by atoms with van der Waals surface area (Å²) in [5, 5.41) is 0. The molecule has 20 heavy (non-hydrogen) atoms. The molecule has 1 aliphatic rings. The topological polar surface area (TPSA) is 69.4 Å². The lowest BCUT2D eigenvalue weighted by molar-refractivity contribution is 0.116. The van der Waals surface area contributed by atoms with Gasteiger partial charge in [-0.25, -0.2) is 0 Å². The summed E-state index contributed by atoms with van der Waals surface area (Å²) < 4.78 is 11.1. The molecule has 112 valence electrons. The van der Waals surface area contributed by atoms with Gasteiger partial charge in [0, 0.05) is 41.4 Å². The highest BCUT2D eigenvalue weighted by Crippen LogP contribution is 2.28. The van der Waals surface area contributed by atoms with E-state index in [4.69, 9.17) is 15.3 Å². The molecule has 0 aromatic carbocycles. The minimum atomic E-state index is 0.179. The minimum absolute atomic E-state index is 0.179. The molecule has 0 amide bonds. The van der Waals surface area contributed by atoms with Gasteiger partial charge in [-0.1, -0.05) is 0 Å². The highest BCUT2D eigenvalue weighted by Gasteiger charge is 2.30. The Bertz CT molecular complexity index is 465. The van der Waals surface area contributed by atoms with E-state index in [1.807, 2.05) is 13.1 Å². The molecule has 3 unspecified atom stereocenters. The number of hydrogen-bond acceptors (Lipinski definition) is 5. The summed E-state index contributed by atoms with van der Waals surface area (Å²) in [6.07, 6.45) is 4.01. The lowest BCUT2D eigenvalue weighted by Gasteiger charge is -2.22. The Morgan fingerprint density at radius 1 is 1.55 bits per heavy atom. The van der Waals surface area contributed by atoms with Crippen molar-refractivity contribution in [2.45, 2.75) is 45.8 Å². The van der Waals surface area contributed by atoms with Crippen LogP contribution in [0, 0.1) is 19.8 Å². The third-order valence-electron chi connectivity index (χ3n) is 4.18. The van der Waals surface area contributed by atoms with Crippen molar-refractivity contribution in [2.75, 3.05) is 13.7 Å². The van der Waals surface area contributed by atoms with Crippen molar-refractivity contribution in [3.05, 3.63) is 23.0 Å². The standard InChI is InChI=1S/C15H25N3O2/c1-9-7-17-13(11(3)15(9)19-4)6-14(18-16)12-5-10(2)20-8-12/h7,10,12,14,18H,5-6,8,16H2,1-4H3. The van der Waals surface area contributed by atoms with Gasteiger partial charge in [0.05, 0.1) is 19.8 Å². The Labute approximate surface area is 120 Å². The first-order chi connectivity index (χ1) is 9.56. The molecule has 0 bridgehead atoms. The zero-order valence-corrected chi connectivity index (χ0v) is 12.8. The third kappa shape index (κ3) is 3.11. The van der Waals surface area contributed by atoms with Gasteiger partial charge in [0.1, 0.15) is 5.75 Å². The summed E-state index contributed by atoms with van der Waals surface area (Å²) in [6, 6.07) is 0.179. The number of aromatic nitrogens is 1. The molecule has 2 heterocycles. The number of ether oxygens (including phenoxy) is 2. The van der Waals surface area contributed by atoms with Crippen LogP contribution in [-0.2, 0) is 11.2 Å². The smallest absolute Gasteiger partial charge is 0.128 e. The van der Waals surface area contributed by atoms with E-state index in [-0.39, 0.29) is 6.04 Å². The number of nitrogens with one attached hydrogen (secondary N) is 1. The minimum Gasteiger partial charge on any atom is -0.496 e. The molecule has 5 heteroatoms. The van der Waals surface area contributed by atoms with Gasteiger partial charge in [-0.05, 0) is 27.2 Å². The molecule has 5 nitrogen and oxygen atoms in total.